The maximum Gasteiger partial charge on any atom is 0.297 e. The number of hydrogen-bond acceptors (Lipinski definition) is 4. The average Bonchev–Trinajstić information content (AvgIpc) is 1.88. The zero-order chi connectivity index (χ0) is 57.7. The minimum Gasteiger partial charge on any atom is -0.472 e. The van der Waals surface area contributed by atoms with E-state index in [1.807, 2.05) is 0 Å². The lowest BCUT2D eigenvalue weighted by Crippen LogP contribution is -2.62. The van der Waals surface area contributed by atoms with Crippen LogP contribution in [0.25, 0.3) is 0 Å². The van der Waals surface area contributed by atoms with Crippen LogP contribution in [0.3, 0.4) is 0 Å². The summed E-state index contributed by atoms with van der Waals surface area (Å²) in [6, 6.07) is 31.3. The predicted octanol–water partition coefficient (Wildman–Crippen LogP) is 19.1. The third kappa shape index (κ3) is 7.20. The number of anilines is 8. The second kappa shape index (κ2) is 16.4. The lowest BCUT2D eigenvalue weighted by atomic mass is 9.35. The van der Waals surface area contributed by atoms with Crippen molar-refractivity contribution < 1.29 is 4.42 Å². The maximum atomic E-state index is 8.06. The fraction of sp³-hybridized carbons (Fsp3) is 0.553. The van der Waals surface area contributed by atoms with E-state index in [0.29, 0.717) is 0 Å². The van der Waals surface area contributed by atoms with Crippen molar-refractivity contribution in [2.24, 2.45) is 0 Å². The fourth-order valence-electron chi connectivity index (χ4n) is 18.7. The van der Waals surface area contributed by atoms with Crippen molar-refractivity contribution in [2.45, 2.75) is 270 Å². The third-order valence-corrected chi connectivity index (χ3v) is 24.5. The molecule has 8 aliphatic rings. The van der Waals surface area contributed by atoms with E-state index >= 15 is 0 Å². The molecule has 0 amide bonds. The predicted molar refractivity (Wildman–Crippen MR) is 346 cm³/mol. The molecular weight excluding hydrogens is 982 g/mol. The lowest BCUT2D eigenvalue weighted by molar-refractivity contribution is 0.194. The minimum absolute atomic E-state index is 0.0108. The van der Waals surface area contributed by atoms with Crippen molar-refractivity contribution in [2.75, 3.05) is 14.7 Å². The van der Waals surface area contributed by atoms with Gasteiger partial charge in [-0.25, -0.2) is 0 Å². The molecule has 0 radical (unpaired) electrons. The molecule has 4 nitrogen and oxygen atoms in total. The molecule has 2 unspecified atom stereocenters. The van der Waals surface area contributed by atoms with E-state index in [0.717, 1.165) is 37.8 Å². The van der Waals surface area contributed by atoms with Gasteiger partial charge in [0.15, 0.2) is 0 Å². The van der Waals surface area contributed by atoms with Crippen LogP contribution in [-0.2, 0) is 48.7 Å². The first-order chi connectivity index (χ1) is 37.6. The van der Waals surface area contributed by atoms with E-state index < -0.39 is 0 Å². The second-order valence-electron chi connectivity index (χ2n) is 33.6. The Hall–Kier alpha value is -5.16. The normalized spacial score (nSPS) is 26.5. The van der Waals surface area contributed by atoms with Gasteiger partial charge in [0.05, 0.1) is 16.9 Å². The van der Waals surface area contributed by atoms with Crippen molar-refractivity contribution >= 4 is 68.8 Å². The summed E-state index contributed by atoms with van der Waals surface area (Å²) in [6.45, 7) is 49.9. The van der Waals surface area contributed by atoms with Gasteiger partial charge < -0.3 is 19.1 Å². The fourth-order valence-corrected chi connectivity index (χ4v) is 18.7. The van der Waals surface area contributed by atoms with Gasteiger partial charge in [0.2, 0.25) is 0 Å². The van der Waals surface area contributed by atoms with Crippen LogP contribution >= 0.6 is 0 Å². The lowest BCUT2D eigenvalue weighted by Gasteiger charge is -2.51. The molecule has 6 aromatic rings. The average molecular weight is 1080 g/mol. The first-order valence-corrected chi connectivity index (χ1v) is 32.0. The first-order valence-electron chi connectivity index (χ1n) is 32.0. The molecule has 1 fully saturated rings. The van der Waals surface area contributed by atoms with Gasteiger partial charge in [-0.2, -0.15) is 0 Å². The Labute approximate surface area is 489 Å². The van der Waals surface area contributed by atoms with Gasteiger partial charge in [-0.3, -0.25) is 0 Å². The summed E-state index contributed by atoms with van der Waals surface area (Å²) < 4.78 is 8.06. The van der Waals surface area contributed by atoms with Crippen LogP contribution < -0.4 is 31.3 Å². The van der Waals surface area contributed by atoms with Crippen molar-refractivity contribution in [3.05, 3.63) is 134 Å². The minimum atomic E-state index is -0.146. The van der Waals surface area contributed by atoms with Gasteiger partial charge >= 0.3 is 0 Å². The molecule has 1 saturated carbocycles. The topological polar surface area (TPSA) is 22.9 Å². The van der Waals surface area contributed by atoms with Crippen LogP contribution in [0.15, 0.2) is 77.2 Å². The Bertz CT molecular complexity index is 3720. The number of benzene rings is 5. The molecule has 5 aromatic carbocycles. The Balaban J connectivity index is 1.17. The molecule has 1 aromatic heterocycles. The quantitative estimate of drug-likeness (QED) is 0.165. The van der Waals surface area contributed by atoms with Gasteiger partial charge in [-0.05, 0) is 232 Å². The van der Waals surface area contributed by atoms with Crippen LogP contribution in [0, 0.1) is 13.8 Å². The van der Waals surface area contributed by atoms with Crippen LogP contribution in [0.5, 0.6) is 0 Å². The third-order valence-electron chi connectivity index (χ3n) is 24.5. The molecule has 0 spiro atoms. The Kier molecular flexibility index (Phi) is 10.9. The standard InChI is InChI=1S/C76H96BN3O/c1-45-37-46(2)61-58(38-45)80(76(20)28-22-21-27-75(61,76)19)49-41-59-63-60(42-49)79(48-24-26-51-53(40-48)70(9,10)32-30-68(51,5)6)64-62-65(74(17,18)36-35-73(62,15)16)81-66(64)77(63)56-43-54-55(72(13,14)34-33-71(54,11)12)44-57(56)78(59)47-23-25-50-52(39-47)69(7,8)31-29-67(50,3)4/h23-26,37-44H,21-22,27-36H2,1-20H3. The molecule has 14 rings (SSSR count). The number of nitrogens with zero attached hydrogens (tertiary/aromatic N) is 3. The van der Waals surface area contributed by atoms with Crippen molar-refractivity contribution in [1.29, 1.82) is 0 Å². The van der Waals surface area contributed by atoms with Crippen LogP contribution in [0.4, 0.5) is 45.5 Å². The van der Waals surface area contributed by atoms with Gasteiger partial charge in [0, 0.05) is 56.2 Å². The molecule has 3 aliphatic heterocycles. The van der Waals surface area contributed by atoms with Gasteiger partial charge in [0.1, 0.15) is 5.76 Å². The maximum absolute atomic E-state index is 8.06. The van der Waals surface area contributed by atoms with Crippen molar-refractivity contribution in [1.82, 2.24) is 0 Å². The molecule has 0 bridgehead atoms. The summed E-state index contributed by atoms with van der Waals surface area (Å²) in [7, 11) is 0. The Morgan fingerprint density at radius 2 is 0.864 bits per heavy atom. The summed E-state index contributed by atoms with van der Waals surface area (Å²) in [4.78, 5) is 8.50. The van der Waals surface area contributed by atoms with Crippen molar-refractivity contribution in [3.8, 4) is 0 Å². The van der Waals surface area contributed by atoms with E-state index in [-0.39, 0.29) is 61.0 Å². The zero-order valence-electron chi connectivity index (χ0n) is 53.7. The van der Waals surface area contributed by atoms with Gasteiger partial charge in [-0.1, -0.05) is 155 Å². The Morgan fingerprint density at radius 1 is 0.395 bits per heavy atom. The molecule has 0 N–H and O–H groups in total. The molecule has 4 heterocycles. The number of rotatable bonds is 3. The summed E-state index contributed by atoms with van der Waals surface area (Å²) in [5.74, 6) is 1.19. The SMILES string of the molecule is Cc1cc(C)c2c(c1)N(c1cc3c4c(c1)N(c1ccc5c(c1)C(C)(C)CCC5(C)C)c1c(oc5c1C(C)(C)CCC5(C)C)B4c1cc4c(cc1N3c1ccc3c(c1)C(C)(C)CCC3(C)C)C(C)(C)CCC4(C)C)C1(C)CCCCC21C. The molecule has 2 atom stereocenters. The summed E-state index contributed by atoms with van der Waals surface area (Å²) in [6.07, 6.45) is 14.1. The van der Waals surface area contributed by atoms with Gasteiger partial charge in [-0.15, -0.1) is 0 Å². The smallest absolute Gasteiger partial charge is 0.297 e. The molecule has 0 saturated heterocycles. The highest BCUT2D eigenvalue weighted by Crippen LogP contribution is 2.64. The summed E-state index contributed by atoms with van der Waals surface area (Å²) >= 11 is 0. The molecular formula is C76H96BN3O. The summed E-state index contributed by atoms with van der Waals surface area (Å²) in [5, 5.41) is 0. The zero-order valence-corrected chi connectivity index (χ0v) is 53.7. The monoisotopic (exact) mass is 1080 g/mol. The number of hydrogen-bond donors (Lipinski definition) is 0. The van der Waals surface area contributed by atoms with Crippen LogP contribution in [0.2, 0.25) is 0 Å². The van der Waals surface area contributed by atoms with E-state index in [1.54, 1.807) is 5.56 Å². The first kappa shape index (κ1) is 53.8. The summed E-state index contributed by atoms with van der Waals surface area (Å²) in [5.41, 5.74) is 29.0. The number of furan rings is 1. The Morgan fingerprint density at radius 3 is 1.43 bits per heavy atom. The van der Waals surface area contributed by atoms with Crippen molar-refractivity contribution in [3.63, 3.8) is 0 Å². The van der Waals surface area contributed by atoms with E-state index in [4.69, 9.17) is 4.42 Å². The van der Waals surface area contributed by atoms with Crippen LogP contribution in [0.1, 0.15) is 263 Å². The molecule has 81 heavy (non-hydrogen) atoms. The largest absolute Gasteiger partial charge is 0.472 e. The van der Waals surface area contributed by atoms with Crippen LogP contribution in [-0.4, -0.2) is 12.3 Å². The highest BCUT2D eigenvalue weighted by Gasteiger charge is 2.60. The van der Waals surface area contributed by atoms with E-state index in [9.17, 15) is 0 Å². The number of fused-ring (bicyclic) bond motifs is 12. The number of aryl methyl sites for hydroxylation is 2. The van der Waals surface area contributed by atoms with E-state index in [1.165, 1.54) is 157 Å². The highest BCUT2D eigenvalue weighted by molar-refractivity contribution is 6.99. The molecule has 5 aliphatic carbocycles. The second-order valence-corrected chi connectivity index (χ2v) is 33.6. The van der Waals surface area contributed by atoms with E-state index in [2.05, 4.69) is 226 Å². The highest BCUT2D eigenvalue weighted by atomic mass is 16.3. The van der Waals surface area contributed by atoms with Gasteiger partial charge in [0.25, 0.3) is 6.71 Å². The molecule has 5 heteroatoms. The molecule has 424 valence electrons.